The molecule has 2 aromatic rings. The average molecular weight is 465 g/mol. The molecule has 31 heavy (non-hydrogen) atoms. The van der Waals surface area contributed by atoms with Crippen LogP contribution < -0.4 is 21.1 Å². The fourth-order valence-electron chi connectivity index (χ4n) is 2.37. The molecule has 0 saturated heterocycles. The number of aromatic nitrogens is 2. The topological polar surface area (TPSA) is 178 Å². The standard InChI is InChI=1S/C18H24N8O3S2/c1-13-16(26-12-25-13)10-30-9-8-23-18(24-11-19)22-7-6-21-17(27)14-2-4-15(5-3-14)31(20,28)29/h2-5,12H,6-10H2,1H3,(H,21,27)(H,25,26)(H2,20,28,29)(H2,22,23,24). The molecule has 0 atom stereocenters. The Labute approximate surface area is 185 Å². The zero-order valence-electron chi connectivity index (χ0n) is 16.9. The van der Waals surface area contributed by atoms with Crippen LogP contribution in [0.15, 0.2) is 40.5 Å². The van der Waals surface area contributed by atoms with E-state index in [1.54, 1.807) is 18.1 Å². The Balaban J connectivity index is 1.71. The van der Waals surface area contributed by atoms with Crippen LogP contribution in [0.5, 0.6) is 0 Å². The summed E-state index contributed by atoms with van der Waals surface area (Å²) in [5, 5.41) is 22.0. The first kappa shape index (κ1) is 24.2. The summed E-state index contributed by atoms with van der Waals surface area (Å²) >= 11 is 1.69. The van der Waals surface area contributed by atoms with Crippen LogP contribution in [-0.4, -0.2) is 55.6 Å². The first-order valence-electron chi connectivity index (χ1n) is 9.22. The number of guanidine groups is 1. The lowest BCUT2D eigenvalue weighted by Gasteiger charge is -2.09. The summed E-state index contributed by atoms with van der Waals surface area (Å²) in [6.07, 6.45) is 3.49. The van der Waals surface area contributed by atoms with Gasteiger partial charge < -0.3 is 15.6 Å². The maximum Gasteiger partial charge on any atom is 0.251 e. The Hall–Kier alpha value is -3.08. The molecule has 1 amide bonds. The number of primary sulfonamides is 1. The molecule has 0 radical (unpaired) electrons. The first-order valence-corrected chi connectivity index (χ1v) is 11.9. The van der Waals surface area contributed by atoms with Gasteiger partial charge in [0.15, 0.2) is 6.19 Å². The minimum atomic E-state index is -3.80. The van der Waals surface area contributed by atoms with E-state index in [2.05, 4.69) is 30.9 Å². The van der Waals surface area contributed by atoms with Crippen molar-refractivity contribution in [2.75, 3.05) is 25.4 Å². The molecular weight excluding hydrogens is 440 g/mol. The number of hydrogen-bond acceptors (Lipinski definition) is 7. The zero-order chi connectivity index (χ0) is 22.7. The molecule has 0 unspecified atom stereocenters. The molecule has 0 aliphatic carbocycles. The van der Waals surface area contributed by atoms with Gasteiger partial charge in [-0.05, 0) is 31.2 Å². The highest BCUT2D eigenvalue weighted by Crippen LogP contribution is 2.12. The number of aryl methyl sites for hydroxylation is 1. The van der Waals surface area contributed by atoms with E-state index in [0.717, 1.165) is 22.9 Å². The van der Waals surface area contributed by atoms with E-state index >= 15 is 0 Å². The monoisotopic (exact) mass is 464 g/mol. The van der Waals surface area contributed by atoms with Crippen molar-refractivity contribution >= 4 is 33.7 Å². The highest BCUT2D eigenvalue weighted by Gasteiger charge is 2.10. The van der Waals surface area contributed by atoms with Gasteiger partial charge in [-0.3, -0.25) is 15.1 Å². The number of nitriles is 1. The van der Waals surface area contributed by atoms with Crippen LogP contribution in [-0.2, 0) is 15.8 Å². The number of rotatable bonds is 10. The summed E-state index contributed by atoms with van der Waals surface area (Å²) in [6.45, 7) is 3.09. The number of sulfonamides is 1. The fraction of sp³-hybridized carbons (Fsp3) is 0.333. The Bertz CT molecular complexity index is 1040. The predicted molar refractivity (Wildman–Crippen MR) is 119 cm³/mol. The molecule has 166 valence electrons. The number of H-pyrrole nitrogens is 1. The third kappa shape index (κ3) is 8.28. The molecule has 13 heteroatoms. The summed E-state index contributed by atoms with van der Waals surface area (Å²) in [7, 11) is -3.80. The van der Waals surface area contributed by atoms with Crippen molar-refractivity contribution in [1.82, 2.24) is 25.9 Å². The Morgan fingerprint density at radius 2 is 2.00 bits per heavy atom. The maximum atomic E-state index is 12.1. The quantitative estimate of drug-likeness (QED) is 0.108. The first-order chi connectivity index (χ1) is 14.8. The third-order valence-corrected chi connectivity index (χ3v) is 5.88. The van der Waals surface area contributed by atoms with Gasteiger partial charge in [-0.2, -0.15) is 17.0 Å². The van der Waals surface area contributed by atoms with Crippen molar-refractivity contribution in [2.24, 2.45) is 10.1 Å². The molecule has 6 N–H and O–H groups in total. The lowest BCUT2D eigenvalue weighted by Crippen LogP contribution is -2.40. The van der Waals surface area contributed by atoms with Crippen molar-refractivity contribution in [2.45, 2.75) is 17.6 Å². The van der Waals surface area contributed by atoms with Crippen LogP contribution in [0.3, 0.4) is 0 Å². The van der Waals surface area contributed by atoms with Crippen LogP contribution in [0.25, 0.3) is 0 Å². The molecule has 0 aliphatic heterocycles. The van der Waals surface area contributed by atoms with Crippen LogP contribution in [0.1, 0.15) is 21.7 Å². The lowest BCUT2D eigenvalue weighted by molar-refractivity contribution is 0.0954. The second-order valence-corrected chi connectivity index (χ2v) is 8.91. The Morgan fingerprint density at radius 1 is 1.29 bits per heavy atom. The molecule has 1 heterocycles. The van der Waals surface area contributed by atoms with Crippen LogP contribution in [0.4, 0.5) is 0 Å². The number of carbonyl (C=O) groups is 1. The number of nitrogens with two attached hydrogens (primary N) is 1. The number of imidazole rings is 1. The number of amides is 1. The van der Waals surface area contributed by atoms with E-state index in [-0.39, 0.29) is 17.3 Å². The van der Waals surface area contributed by atoms with Gasteiger partial charge in [0.25, 0.3) is 5.91 Å². The molecule has 0 aliphatic rings. The van der Waals surface area contributed by atoms with E-state index in [1.807, 2.05) is 13.1 Å². The minimum Gasteiger partial charge on any atom is -0.354 e. The normalized spacial score (nSPS) is 11.6. The van der Waals surface area contributed by atoms with Crippen molar-refractivity contribution in [3.63, 3.8) is 0 Å². The third-order valence-electron chi connectivity index (χ3n) is 4.00. The largest absolute Gasteiger partial charge is 0.354 e. The number of thioether (sulfide) groups is 1. The summed E-state index contributed by atoms with van der Waals surface area (Å²) in [4.78, 5) is 23.6. The minimum absolute atomic E-state index is 0.0631. The molecule has 1 aromatic carbocycles. The molecule has 0 bridgehead atoms. The smallest absolute Gasteiger partial charge is 0.251 e. The number of nitrogens with zero attached hydrogens (tertiary/aromatic N) is 3. The second kappa shape index (κ2) is 11.9. The van der Waals surface area contributed by atoms with Gasteiger partial charge in [-0.25, -0.2) is 18.5 Å². The van der Waals surface area contributed by atoms with Gasteiger partial charge in [0, 0.05) is 35.9 Å². The van der Waals surface area contributed by atoms with Gasteiger partial charge in [-0.1, -0.05) is 0 Å². The van der Waals surface area contributed by atoms with Crippen LogP contribution >= 0.6 is 11.8 Å². The predicted octanol–water partition coefficient (Wildman–Crippen LogP) is 0.0450. The maximum absolute atomic E-state index is 12.1. The van der Waals surface area contributed by atoms with E-state index in [1.165, 1.54) is 24.3 Å². The van der Waals surface area contributed by atoms with E-state index in [4.69, 9.17) is 10.4 Å². The molecule has 0 saturated carbocycles. The van der Waals surface area contributed by atoms with Gasteiger partial charge in [0.1, 0.15) is 0 Å². The summed E-state index contributed by atoms with van der Waals surface area (Å²) in [5.74, 6) is 1.50. The van der Waals surface area contributed by atoms with Crippen molar-refractivity contribution in [1.29, 1.82) is 5.26 Å². The summed E-state index contributed by atoms with van der Waals surface area (Å²) in [5.41, 5.74) is 2.37. The second-order valence-electron chi connectivity index (χ2n) is 6.25. The zero-order valence-corrected chi connectivity index (χ0v) is 18.5. The summed E-state index contributed by atoms with van der Waals surface area (Å²) in [6, 6.07) is 5.31. The van der Waals surface area contributed by atoms with Gasteiger partial charge in [-0.15, -0.1) is 0 Å². The molecule has 0 spiro atoms. The number of carbonyl (C=O) groups excluding carboxylic acids is 1. The van der Waals surface area contributed by atoms with E-state index < -0.39 is 10.0 Å². The number of aromatic amines is 1. The lowest BCUT2D eigenvalue weighted by atomic mass is 10.2. The van der Waals surface area contributed by atoms with Gasteiger partial charge in [0.05, 0.1) is 23.5 Å². The van der Waals surface area contributed by atoms with Crippen molar-refractivity contribution in [3.8, 4) is 6.19 Å². The van der Waals surface area contributed by atoms with Gasteiger partial charge >= 0.3 is 0 Å². The molecule has 1 aromatic heterocycles. The van der Waals surface area contributed by atoms with Crippen LogP contribution in [0, 0.1) is 18.4 Å². The summed E-state index contributed by atoms with van der Waals surface area (Å²) < 4.78 is 22.5. The van der Waals surface area contributed by atoms with E-state index in [0.29, 0.717) is 24.6 Å². The Morgan fingerprint density at radius 3 is 2.61 bits per heavy atom. The van der Waals surface area contributed by atoms with Gasteiger partial charge in [0.2, 0.25) is 16.0 Å². The number of nitrogens with one attached hydrogen (secondary N) is 4. The average Bonchev–Trinajstić information content (AvgIpc) is 3.14. The molecule has 11 nitrogen and oxygen atoms in total. The molecule has 2 rings (SSSR count). The van der Waals surface area contributed by atoms with Crippen molar-refractivity contribution in [3.05, 3.63) is 47.5 Å². The van der Waals surface area contributed by atoms with E-state index in [9.17, 15) is 13.2 Å². The number of benzene rings is 1. The highest BCUT2D eigenvalue weighted by atomic mass is 32.2. The fourth-order valence-corrected chi connectivity index (χ4v) is 3.74. The Kier molecular flexibility index (Phi) is 9.32. The van der Waals surface area contributed by atoms with Crippen molar-refractivity contribution < 1.29 is 13.2 Å². The number of hydrogen-bond donors (Lipinski definition) is 5. The SMILES string of the molecule is Cc1[nH]cnc1CSCCN=C(NC#N)NCCNC(=O)c1ccc(S(N)(=O)=O)cc1. The van der Waals surface area contributed by atoms with Crippen LogP contribution in [0.2, 0.25) is 0 Å². The highest BCUT2D eigenvalue weighted by molar-refractivity contribution is 7.98. The number of aliphatic imine (C=N–C) groups is 1. The molecule has 0 fully saturated rings. The molecular formula is C18H24N8O3S2.